The van der Waals surface area contributed by atoms with Gasteiger partial charge in [-0.05, 0) is 28.8 Å². The molecule has 0 heterocycles. The van der Waals surface area contributed by atoms with Gasteiger partial charge in [-0.3, -0.25) is 0 Å². The van der Waals surface area contributed by atoms with Crippen LogP contribution in [0.25, 0.3) is 0 Å². The summed E-state index contributed by atoms with van der Waals surface area (Å²) in [4.78, 5) is 0. The Hall–Kier alpha value is -0.763. The predicted octanol–water partition coefficient (Wildman–Crippen LogP) is 6.41. The van der Waals surface area contributed by atoms with E-state index >= 15 is 0 Å². The van der Waals surface area contributed by atoms with E-state index in [0.29, 0.717) is 16.6 Å². The first-order valence-corrected chi connectivity index (χ1v) is 10.4. The standard InChI is InChI=1S/C18H32OSi/c1-7-15(4)20(16(5)8-2,17(6)9-3)19-18-13-11-10-12-14-18/h10-17H,7-9H2,1-6H3. The molecule has 2 heteroatoms. The van der Waals surface area contributed by atoms with Crippen molar-refractivity contribution >= 4 is 8.32 Å². The van der Waals surface area contributed by atoms with Gasteiger partial charge in [0.2, 0.25) is 0 Å². The van der Waals surface area contributed by atoms with Crippen LogP contribution in [0.4, 0.5) is 0 Å². The number of rotatable bonds is 8. The van der Waals surface area contributed by atoms with Crippen molar-refractivity contribution in [3.05, 3.63) is 30.3 Å². The van der Waals surface area contributed by atoms with Crippen molar-refractivity contribution in [2.45, 2.75) is 77.4 Å². The molecule has 114 valence electrons. The van der Waals surface area contributed by atoms with E-state index in [4.69, 9.17) is 4.43 Å². The first-order valence-electron chi connectivity index (χ1n) is 8.26. The van der Waals surface area contributed by atoms with Crippen LogP contribution >= 0.6 is 0 Å². The minimum atomic E-state index is -1.85. The van der Waals surface area contributed by atoms with Gasteiger partial charge in [0.1, 0.15) is 5.75 Å². The Morgan fingerprint density at radius 2 is 1.20 bits per heavy atom. The van der Waals surface area contributed by atoms with Gasteiger partial charge in [-0.15, -0.1) is 0 Å². The van der Waals surface area contributed by atoms with Gasteiger partial charge in [-0.2, -0.15) is 0 Å². The topological polar surface area (TPSA) is 9.23 Å². The van der Waals surface area contributed by atoms with Crippen LogP contribution < -0.4 is 4.43 Å². The molecule has 20 heavy (non-hydrogen) atoms. The zero-order chi connectivity index (χ0) is 15.2. The zero-order valence-corrected chi connectivity index (χ0v) is 15.1. The highest BCUT2D eigenvalue weighted by Gasteiger charge is 2.50. The summed E-state index contributed by atoms with van der Waals surface area (Å²) in [5, 5.41) is 0. The van der Waals surface area contributed by atoms with E-state index in [0.717, 1.165) is 5.75 Å². The van der Waals surface area contributed by atoms with E-state index in [1.165, 1.54) is 19.3 Å². The van der Waals surface area contributed by atoms with Crippen LogP contribution in [0.1, 0.15) is 60.8 Å². The van der Waals surface area contributed by atoms with Gasteiger partial charge in [-0.25, -0.2) is 0 Å². The van der Waals surface area contributed by atoms with Gasteiger partial charge in [0.15, 0.2) is 0 Å². The zero-order valence-electron chi connectivity index (χ0n) is 14.1. The largest absolute Gasteiger partial charge is 0.543 e. The molecule has 0 aromatic heterocycles. The second-order valence-electron chi connectivity index (χ2n) is 6.20. The Bertz CT molecular complexity index is 350. The average molecular weight is 293 g/mol. The summed E-state index contributed by atoms with van der Waals surface area (Å²) in [6.45, 7) is 14.2. The molecular formula is C18H32OSi. The van der Waals surface area contributed by atoms with Crippen molar-refractivity contribution in [3.8, 4) is 5.75 Å². The van der Waals surface area contributed by atoms with E-state index in [1.54, 1.807) is 0 Å². The average Bonchev–Trinajstić information content (AvgIpc) is 2.51. The first-order chi connectivity index (χ1) is 9.52. The maximum absolute atomic E-state index is 6.80. The Morgan fingerprint density at radius 3 is 1.55 bits per heavy atom. The minimum Gasteiger partial charge on any atom is -0.543 e. The maximum atomic E-state index is 6.80. The summed E-state index contributed by atoms with van der Waals surface area (Å²) in [5.74, 6) is 1.07. The van der Waals surface area contributed by atoms with Crippen LogP contribution in [-0.4, -0.2) is 8.32 Å². The fraction of sp³-hybridized carbons (Fsp3) is 0.667. The lowest BCUT2D eigenvalue weighted by atomic mass is 10.3. The molecule has 0 saturated carbocycles. The Labute approximate surface area is 126 Å². The number of benzene rings is 1. The fourth-order valence-corrected chi connectivity index (χ4v) is 9.38. The number of para-hydroxylation sites is 1. The van der Waals surface area contributed by atoms with Crippen molar-refractivity contribution in [1.29, 1.82) is 0 Å². The van der Waals surface area contributed by atoms with Crippen LogP contribution in [-0.2, 0) is 0 Å². The Balaban J connectivity index is 3.21. The highest BCUT2D eigenvalue weighted by molar-refractivity contribution is 6.78. The smallest absolute Gasteiger partial charge is 0.259 e. The van der Waals surface area contributed by atoms with Crippen molar-refractivity contribution < 1.29 is 4.43 Å². The van der Waals surface area contributed by atoms with E-state index in [-0.39, 0.29) is 0 Å². The molecular weight excluding hydrogens is 260 g/mol. The SMILES string of the molecule is CCC(C)[Si](Oc1ccccc1)(C(C)CC)C(C)CC. The quantitative estimate of drug-likeness (QED) is 0.503. The molecule has 0 radical (unpaired) electrons. The van der Waals surface area contributed by atoms with Crippen LogP contribution in [0.15, 0.2) is 30.3 Å². The van der Waals surface area contributed by atoms with Crippen LogP contribution in [0, 0.1) is 0 Å². The molecule has 0 spiro atoms. The van der Waals surface area contributed by atoms with E-state index in [1.807, 2.05) is 0 Å². The van der Waals surface area contributed by atoms with Gasteiger partial charge in [-0.1, -0.05) is 79.0 Å². The third-order valence-electron chi connectivity index (χ3n) is 5.19. The molecule has 3 unspecified atom stereocenters. The molecule has 1 aromatic rings. The van der Waals surface area contributed by atoms with Crippen molar-refractivity contribution in [2.24, 2.45) is 0 Å². The summed E-state index contributed by atoms with van der Waals surface area (Å²) in [6.07, 6.45) is 3.65. The van der Waals surface area contributed by atoms with Crippen LogP contribution in [0.2, 0.25) is 16.6 Å². The lowest BCUT2D eigenvalue weighted by Gasteiger charge is -2.45. The summed E-state index contributed by atoms with van der Waals surface area (Å²) < 4.78 is 6.80. The molecule has 0 fully saturated rings. The molecule has 0 aliphatic rings. The molecule has 0 aliphatic heterocycles. The minimum absolute atomic E-state index is 0.688. The molecule has 0 saturated heterocycles. The molecule has 1 nitrogen and oxygen atoms in total. The molecule has 0 aliphatic carbocycles. The van der Waals surface area contributed by atoms with Gasteiger partial charge in [0, 0.05) is 0 Å². The highest BCUT2D eigenvalue weighted by Crippen LogP contribution is 2.47. The summed E-state index contributed by atoms with van der Waals surface area (Å²) in [5.41, 5.74) is 2.06. The maximum Gasteiger partial charge on any atom is 0.259 e. The highest BCUT2D eigenvalue weighted by atomic mass is 28.4. The second kappa shape index (κ2) is 7.87. The summed E-state index contributed by atoms with van der Waals surface area (Å²) in [6, 6.07) is 10.5. The molecule has 3 atom stereocenters. The predicted molar refractivity (Wildman–Crippen MR) is 92.0 cm³/mol. The van der Waals surface area contributed by atoms with Gasteiger partial charge in [0.05, 0.1) is 0 Å². The third kappa shape index (κ3) is 3.46. The third-order valence-corrected chi connectivity index (χ3v) is 11.6. The summed E-state index contributed by atoms with van der Waals surface area (Å²) in [7, 11) is -1.85. The molecule has 1 aromatic carbocycles. The monoisotopic (exact) mass is 292 g/mol. The van der Waals surface area contributed by atoms with E-state index in [2.05, 4.69) is 71.9 Å². The normalized spacial score (nSPS) is 18.9. The number of hydrogen-bond donors (Lipinski definition) is 0. The molecule has 0 N–H and O–H groups in total. The first kappa shape index (κ1) is 17.3. The number of hydrogen-bond acceptors (Lipinski definition) is 1. The lowest BCUT2D eigenvalue weighted by molar-refractivity contribution is 0.453. The van der Waals surface area contributed by atoms with E-state index in [9.17, 15) is 0 Å². The van der Waals surface area contributed by atoms with Crippen LogP contribution in [0.3, 0.4) is 0 Å². The second-order valence-corrected chi connectivity index (χ2v) is 11.1. The fourth-order valence-electron chi connectivity index (χ4n) is 3.41. The van der Waals surface area contributed by atoms with E-state index < -0.39 is 8.32 Å². The van der Waals surface area contributed by atoms with Gasteiger partial charge in [0.25, 0.3) is 8.32 Å². The van der Waals surface area contributed by atoms with Crippen LogP contribution in [0.5, 0.6) is 5.75 Å². The van der Waals surface area contributed by atoms with Crippen molar-refractivity contribution in [1.82, 2.24) is 0 Å². The van der Waals surface area contributed by atoms with Crippen molar-refractivity contribution in [2.75, 3.05) is 0 Å². The molecule has 0 bridgehead atoms. The van der Waals surface area contributed by atoms with Crippen molar-refractivity contribution in [3.63, 3.8) is 0 Å². The van der Waals surface area contributed by atoms with Gasteiger partial charge < -0.3 is 4.43 Å². The summed E-state index contributed by atoms with van der Waals surface area (Å²) >= 11 is 0. The Morgan fingerprint density at radius 1 is 0.800 bits per heavy atom. The molecule has 1 rings (SSSR count). The lowest BCUT2D eigenvalue weighted by Crippen LogP contribution is -2.52. The molecule has 0 amide bonds. The Kier molecular flexibility index (Phi) is 6.80. The van der Waals surface area contributed by atoms with Gasteiger partial charge >= 0.3 is 0 Å².